The number of hydrogen-bond donors (Lipinski definition) is 1. The molecular weight excluding hydrogens is 282 g/mol. The van der Waals surface area contributed by atoms with Crippen molar-refractivity contribution in [2.75, 3.05) is 13.7 Å². The lowest BCUT2D eigenvalue weighted by molar-refractivity contribution is 0.415. The van der Waals surface area contributed by atoms with Crippen LogP contribution in [0.3, 0.4) is 0 Å². The van der Waals surface area contributed by atoms with Crippen LogP contribution in [-0.4, -0.2) is 29.4 Å². The summed E-state index contributed by atoms with van der Waals surface area (Å²) in [4.78, 5) is 0. The molecule has 0 amide bonds. The minimum Gasteiger partial charge on any atom is -0.497 e. The first kappa shape index (κ1) is 15.9. The molecule has 21 heavy (non-hydrogen) atoms. The highest BCUT2D eigenvalue weighted by atomic mass is 32.1. The molecule has 0 aliphatic carbocycles. The second kappa shape index (κ2) is 7.00. The molecule has 0 spiro atoms. The molecular formula is C16H23N3OS. The van der Waals surface area contributed by atoms with E-state index in [2.05, 4.69) is 36.3 Å². The highest BCUT2D eigenvalue weighted by Gasteiger charge is 2.09. The van der Waals surface area contributed by atoms with Crippen LogP contribution < -0.4 is 10.1 Å². The van der Waals surface area contributed by atoms with E-state index in [0.717, 1.165) is 40.7 Å². The molecule has 4 nitrogen and oxygen atoms in total. The zero-order valence-electron chi connectivity index (χ0n) is 13.1. The molecule has 0 saturated heterocycles. The largest absolute Gasteiger partial charge is 0.497 e. The fraction of sp³-hybridized carbons (Fsp3) is 0.500. The SMILES string of the molecule is COc1ccc(-c2nnc(CCCNC(C)(C)C)s2)cc1. The van der Waals surface area contributed by atoms with Gasteiger partial charge in [-0.2, -0.15) is 0 Å². The Kier molecular flexibility index (Phi) is 5.31. The van der Waals surface area contributed by atoms with Crippen LogP contribution in [0.4, 0.5) is 0 Å². The first-order chi connectivity index (χ1) is 9.98. The van der Waals surface area contributed by atoms with Gasteiger partial charge in [0.25, 0.3) is 0 Å². The van der Waals surface area contributed by atoms with Gasteiger partial charge in [-0.25, -0.2) is 0 Å². The summed E-state index contributed by atoms with van der Waals surface area (Å²) in [5.41, 5.74) is 1.27. The van der Waals surface area contributed by atoms with E-state index in [1.807, 2.05) is 24.3 Å². The molecule has 1 heterocycles. The second-order valence-corrected chi connectivity index (χ2v) is 7.07. The van der Waals surface area contributed by atoms with Gasteiger partial charge in [0.15, 0.2) is 0 Å². The first-order valence-electron chi connectivity index (χ1n) is 7.20. The number of aryl methyl sites for hydroxylation is 1. The van der Waals surface area contributed by atoms with Gasteiger partial charge in [-0.3, -0.25) is 0 Å². The minimum atomic E-state index is 0.176. The third-order valence-corrected chi connectivity index (χ3v) is 4.06. The molecule has 0 bridgehead atoms. The molecule has 2 aromatic rings. The van der Waals surface area contributed by atoms with E-state index in [4.69, 9.17) is 4.74 Å². The van der Waals surface area contributed by atoms with Crippen LogP contribution >= 0.6 is 11.3 Å². The lowest BCUT2D eigenvalue weighted by Gasteiger charge is -2.20. The minimum absolute atomic E-state index is 0.176. The second-order valence-electron chi connectivity index (χ2n) is 6.01. The van der Waals surface area contributed by atoms with Crippen LogP contribution in [0.5, 0.6) is 5.75 Å². The van der Waals surface area contributed by atoms with Crippen molar-refractivity contribution < 1.29 is 4.74 Å². The summed E-state index contributed by atoms with van der Waals surface area (Å²) in [5, 5.41) is 14.1. The van der Waals surface area contributed by atoms with Crippen LogP contribution in [0, 0.1) is 0 Å². The van der Waals surface area contributed by atoms with E-state index in [9.17, 15) is 0 Å². The van der Waals surface area contributed by atoms with Crippen molar-refractivity contribution >= 4 is 11.3 Å². The van der Waals surface area contributed by atoms with Crippen molar-refractivity contribution in [3.63, 3.8) is 0 Å². The first-order valence-corrected chi connectivity index (χ1v) is 8.01. The monoisotopic (exact) mass is 305 g/mol. The Hall–Kier alpha value is -1.46. The predicted molar refractivity (Wildman–Crippen MR) is 88.0 cm³/mol. The van der Waals surface area contributed by atoms with Crippen molar-refractivity contribution in [2.24, 2.45) is 0 Å². The van der Waals surface area contributed by atoms with Crippen LogP contribution in [0.2, 0.25) is 0 Å². The van der Waals surface area contributed by atoms with Crippen LogP contribution in [-0.2, 0) is 6.42 Å². The van der Waals surface area contributed by atoms with Crippen LogP contribution in [0.25, 0.3) is 10.6 Å². The van der Waals surface area contributed by atoms with Gasteiger partial charge >= 0.3 is 0 Å². The van der Waals surface area contributed by atoms with E-state index >= 15 is 0 Å². The molecule has 0 saturated carbocycles. The normalized spacial score (nSPS) is 11.6. The van der Waals surface area contributed by atoms with E-state index in [1.165, 1.54) is 0 Å². The summed E-state index contributed by atoms with van der Waals surface area (Å²) < 4.78 is 5.16. The molecule has 5 heteroatoms. The Morgan fingerprint density at radius 2 is 1.86 bits per heavy atom. The third kappa shape index (κ3) is 5.10. The number of methoxy groups -OCH3 is 1. The van der Waals surface area contributed by atoms with Gasteiger partial charge in [-0.15, -0.1) is 10.2 Å². The van der Waals surface area contributed by atoms with Crippen molar-refractivity contribution in [2.45, 2.75) is 39.2 Å². The fourth-order valence-electron chi connectivity index (χ4n) is 1.91. The summed E-state index contributed by atoms with van der Waals surface area (Å²) in [5.74, 6) is 0.858. The smallest absolute Gasteiger partial charge is 0.147 e. The topological polar surface area (TPSA) is 47.0 Å². The number of hydrogen-bond acceptors (Lipinski definition) is 5. The standard InChI is InChI=1S/C16H23N3OS/c1-16(2,3)17-11-5-6-14-18-19-15(21-14)12-7-9-13(20-4)10-8-12/h7-10,17H,5-6,11H2,1-4H3. The van der Waals surface area contributed by atoms with E-state index in [1.54, 1.807) is 18.4 Å². The van der Waals surface area contributed by atoms with Gasteiger partial charge in [0.05, 0.1) is 7.11 Å². The highest BCUT2D eigenvalue weighted by Crippen LogP contribution is 2.25. The molecule has 0 radical (unpaired) electrons. The number of nitrogens with one attached hydrogen (secondary N) is 1. The molecule has 1 aromatic carbocycles. The molecule has 0 fully saturated rings. The average Bonchev–Trinajstić information content (AvgIpc) is 2.91. The summed E-state index contributed by atoms with van der Waals surface area (Å²) in [6.45, 7) is 7.54. The molecule has 114 valence electrons. The maximum absolute atomic E-state index is 5.16. The Morgan fingerprint density at radius 3 is 2.48 bits per heavy atom. The number of nitrogens with zero attached hydrogens (tertiary/aromatic N) is 2. The van der Waals surface area contributed by atoms with Gasteiger partial charge in [0.2, 0.25) is 0 Å². The molecule has 0 unspecified atom stereocenters. The van der Waals surface area contributed by atoms with Crippen molar-refractivity contribution in [3.8, 4) is 16.3 Å². The van der Waals surface area contributed by atoms with E-state index in [-0.39, 0.29) is 5.54 Å². The Bertz CT molecular complexity index is 558. The summed E-state index contributed by atoms with van der Waals surface area (Å²) in [7, 11) is 1.67. The number of rotatable bonds is 6. The zero-order valence-corrected chi connectivity index (χ0v) is 14.0. The van der Waals surface area contributed by atoms with Gasteiger partial charge < -0.3 is 10.1 Å². The third-order valence-electron chi connectivity index (χ3n) is 3.03. The van der Waals surface area contributed by atoms with Crippen molar-refractivity contribution in [1.29, 1.82) is 0 Å². The molecule has 1 N–H and O–H groups in total. The maximum atomic E-state index is 5.16. The van der Waals surface area contributed by atoms with Gasteiger partial charge in [-0.1, -0.05) is 11.3 Å². The van der Waals surface area contributed by atoms with Gasteiger partial charge in [0, 0.05) is 17.5 Å². The summed E-state index contributed by atoms with van der Waals surface area (Å²) >= 11 is 1.67. The molecule has 0 aliphatic rings. The molecule has 1 aromatic heterocycles. The predicted octanol–water partition coefficient (Wildman–Crippen LogP) is 3.53. The Balaban J connectivity index is 1.88. The maximum Gasteiger partial charge on any atom is 0.147 e. The zero-order chi connectivity index (χ0) is 15.3. The average molecular weight is 305 g/mol. The number of ether oxygens (including phenoxy) is 1. The van der Waals surface area contributed by atoms with Gasteiger partial charge in [0.1, 0.15) is 15.8 Å². The highest BCUT2D eigenvalue weighted by molar-refractivity contribution is 7.14. The molecule has 2 rings (SSSR count). The Labute approximate surface area is 130 Å². The quantitative estimate of drug-likeness (QED) is 0.829. The number of benzene rings is 1. The number of aromatic nitrogens is 2. The molecule has 0 atom stereocenters. The summed E-state index contributed by atoms with van der Waals surface area (Å²) in [6.07, 6.45) is 2.05. The summed E-state index contributed by atoms with van der Waals surface area (Å²) in [6, 6.07) is 7.93. The lowest BCUT2D eigenvalue weighted by atomic mass is 10.1. The van der Waals surface area contributed by atoms with Crippen LogP contribution in [0.15, 0.2) is 24.3 Å². The van der Waals surface area contributed by atoms with E-state index < -0.39 is 0 Å². The Morgan fingerprint density at radius 1 is 1.14 bits per heavy atom. The molecule has 0 aliphatic heterocycles. The fourth-order valence-corrected chi connectivity index (χ4v) is 2.79. The van der Waals surface area contributed by atoms with E-state index in [0.29, 0.717) is 0 Å². The van der Waals surface area contributed by atoms with Gasteiger partial charge in [-0.05, 0) is 58.0 Å². The van der Waals surface area contributed by atoms with Crippen LogP contribution in [0.1, 0.15) is 32.2 Å². The van der Waals surface area contributed by atoms with Crippen molar-refractivity contribution in [3.05, 3.63) is 29.3 Å². The van der Waals surface area contributed by atoms with Crippen molar-refractivity contribution in [1.82, 2.24) is 15.5 Å². The lowest BCUT2D eigenvalue weighted by Crippen LogP contribution is -2.36.